The van der Waals surface area contributed by atoms with Gasteiger partial charge in [0.1, 0.15) is 12.7 Å². The van der Waals surface area contributed by atoms with Crippen LogP contribution in [0, 0.1) is 5.82 Å². The number of pyridine rings is 1. The summed E-state index contributed by atoms with van der Waals surface area (Å²) in [4.78, 5) is 16.0. The third-order valence-corrected chi connectivity index (χ3v) is 3.78. The lowest BCUT2D eigenvalue weighted by Gasteiger charge is -2.15. The van der Waals surface area contributed by atoms with Crippen molar-refractivity contribution in [2.24, 2.45) is 0 Å². The molecule has 6 heteroatoms. The summed E-state index contributed by atoms with van der Waals surface area (Å²) < 4.78 is 24.3. The number of benzene rings is 1. The van der Waals surface area contributed by atoms with Gasteiger partial charge >= 0.3 is 6.09 Å². The van der Waals surface area contributed by atoms with E-state index in [1.807, 2.05) is 37.3 Å². The Labute approximate surface area is 133 Å². The van der Waals surface area contributed by atoms with Crippen molar-refractivity contribution in [2.75, 3.05) is 6.54 Å². The second-order valence-corrected chi connectivity index (χ2v) is 5.38. The van der Waals surface area contributed by atoms with E-state index >= 15 is 0 Å². The van der Waals surface area contributed by atoms with E-state index in [9.17, 15) is 9.18 Å². The number of amides is 1. The van der Waals surface area contributed by atoms with Gasteiger partial charge in [0, 0.05) is 12.7 Å². The number of halogens is 1. The Kier molecular flexibility index (Phi) is 4.41. The molecule has 1 aromatic carbocycles. The van der Waals surface area contributed by atoms with Crippen molar-refractivity contribution in [3.8, 4) is 5.75 Å². The van der Waals surface area contributed by atoms with Crippen molar-refractivity contribution in [2.45, 2.75) is 25.6 Å². The highest BCUT2D eigenvalue weighted by Gasteiger charge is 2.35. The predicted octanol–water partition coefficient (Wildman–Crippen LogP) is 3.01. The number of alkyl carbamates (subject to hydrolysis) is 1. The quantitative estimate of drug-likeness (QED) is 0.942. The van der Waals surface area contributed by atoms with Crippen LogP contribution in [0.2, 0.25) is 0 Å². The van der Waals surface area contributed by atoms with Gasteiger partial charge in [-0.1, -0.05) is 30.3 Å². The molecule has 0 unspecified atom stereocenters. The van der Waals surface area contributed by atoms with E-state index in [0.29, 0.717) is 5.69 Å². The second kappa shape index (κ2) is 6.64. The van der Waals surface area contributed by atoms with Crippen LogP contribution in [0.4, 0.5) is 9.18 Å². The van der Waals surface area contributed by atoms with Crippen LogP contribution in [0.1, 0.15) is 24.1 Å². The van der Waals surface area contributed by atoms with Crippen molar-refractivity contribution < 1.29 is 18.7 Å². The van der Waals surface area contributed by atoms with Crippen molar-refractivity contribution in [1.82, 2.24) is 10.3 Å². The molecule has 2 atom stereocenters. The first-order valence-electron chi connectivity index (χ1n) is 7.40. The molecule has 1 aromatic heterocycles. The lowest BCUT2D eigenvalue weighted by molar-refractivity contribution is 0.137. The van der Waals surface area contributed by atoms with Crippen LogP contribution < -0.4 is 10.1 Å². The minimum absolute atomic E-state index is 0.171. The molecule has 0 bridgehead atoms. The Morgan fingerprint density at radius 1 is 1.35 bits per heavy atom. The highest BCUT2D eigenvalue weighted by molar-refractivity contribution is 5.67. The van der Waals surface area contributed by atoms with E-state index in [2.05, 4.69) is 10.3 Å². The molecule has 0 radical (unpaired) electrons. The maximum absolute atomic E-state index is 13.7. The van der Waals surface area contributed by atoms with Crippen LogP contribution in [0.25, 0.3) is 0 Å². The standard InChI is InChI=1S/C17H17FN2O3/c1-11-13(15-16(23-11)14(18)7-8-19-15)9-20-17(21)22-10-12-5-3-2-4-6-12/h2-8,11,13H,9-10H2,1H3,(H,20,21)/t11-,13-/m1/s1. The first-order chi connectivity index (χ1) is 11.1. The summed E-state index contributed by atoms with van der Waals surface area (Å²) >= 11 is 0. The molecule has 0 spiro atoms. The molecule has 1 N–H and O–H groups in total. The number of hydrogen-bond donors (Lipinski definition) is 1. The van der Waals surface area contributed by atoms with Crippen LogP contribution in [0.15, 0.2) is 42.6 Å². The third kappa shape index (κ3) is 3.41. The molecule has 0 fully saturated rings. The molecular weight excluding hydrogens is 299 g/mol. The molecule has 0 saturated heterocycles. The number of hydrogen-bond acceptors (Lipinski definition) is 4. The number of ether oxygens (including phenoxy) is 2. The summed E-state index contributed by atoms with van der Waals surface area (Å²) in [5.41, 5.74) is 1.44. The Morgan fingerprint density at radius 3 is 2.91 bits per heavy atom. The minimum atomic E-state index is -0.522. The third-order valence-electron chi connectivity index (χ3n) is 3.78. The summed E-state index contributed by atoms with van der Waals surface area (Å²) in [5.74, 6) is -0.467. The van der Waals surface area contributed by atoms with Gasteiger partial charge in [-0.15, -0.1) is 0 Å². The molecular formula is C17H17FN2O3. The van der Waals surface area contributed by atoms with Gasteiger partial charge in [-0.25, -0.2) is 9.18 Å². The minimum Gasteiger partial charge on any atom is -0.485 e. The first-order valence-corrected chi connectivity index (χ1v) is 7.40. The van der Waals surface area contributed by atoms with Crippen LogP contribution in [0.5, 0.6) is 5.75 Å². The molecule has 23 heavy (non-hydrogen) atoms. The van der Waals surface area contributed by atoms with Crippen LogP contribution >= 0.6 is 0 Å². The average Bonchev–Trinajstić information content (AvgIpc) is 2.89. The van der Waals surface area contributed by atoms with Gasteiger partial charge in [0.25, 0.3) is 0 Å². The first kappa shape index (κ1) is 15.3. The zero-order valence-corrected chi connectivity index (χ0v) is 12.7. The van der Waals surface area contributed by atoms with Gasteiger partial charge in [-0.05, 0) is 18.6 Å². The van der Waals surface area contributed by atoms with Crippen LogP contribution in [-0.4, -0.2) is 23.7 Å². The Bertz CT molecular complexity index is 693. The Balaban J connectivity index is 1.54. The fourth-order valence-electron chi connectivity index (χ4n) is 2.54. The van der Waals surface area contributed by atoms with Crippen molar-refractivity contribution in [3.05, 3.63) is 59.7 Å². The Hall–Kier alpha value is -2.63. The number of rotatable bonds is 4. The van der Waals surface area contributed by atoms with E-state index in [-0.39, 0.29) is 30.9 Å². The van der Waals surface area contributed by atoms with Crippen molar-refractivity contribution in [3.63, 3.8) is 0 Å². The van der Waals surface area contributed by atoms with Gasteiger partial charge in [0.2, 0.25) is 0 Å². The lowest BCUT2D eigenvalue weighted by Crippen LogP contribution is -2.32. The molecule has 2 aromatic rings. The fourth-order valence-corrected chi connectivity index (χ4v) is 2.54. The van der Waals surface area contributed by atoms with E-state index in [1.54, 1.807) is 0 Å². The molecule has 120 valence electrons. The van der Waals surface area contributed by atoms with Crippen molar-refractivity contribution >= 4 is 6.09 Å². The largest absolute Gasteiger partial charge is 0.485 e. The summed E-state index contributed by atoms with van der Waals surface area (Å²) in [6.07, 6.45) is 0.616. The SMILES string of the molecule is C[C@H]1Oc2c(F)ccnc2[C@@H]1CNC(=O)OCc1ccccc1. The van der Waals surface area contributed by atoms with E-state index < -0.39 is 11.9 Å². The summed E-state index contributed by atoms with van der Waals surface area (Å²) in [5, 5.41) is 2.68. The zero-order chi connectivity index (χ0) is 16.2. The zero-order valence-electron chi connectivity index (χ0n) is 12.7. The Morgan fingerprint density at radius 2 is 2.13 bits per heavy atom. The second-order valence-electron chi connectivity index (χ2n) is 5.38. The summed E-state index contributed by atoms with van der Waals surface area (Å²) in [6, 6.07) is 10.7. The van der Waals surface area contributed by atoms with Crippen LogP contribution in [0.3, 0.4) is 0 Å². The van der Waals surface area contributed by atoms with E-state index in [1.165, 1.54) is 12.3 Å². The lowest BCUT2D eigenvalue weighted by atomic mass is 10.0. The number of carbonyl (C=O) groups excluding carboxylic acids is 1. The molecule has 1 aliphatic rings. The number of nitrogens with zero attached hydrogens (tertiary/aromatic N) is 1. The van der Waals surface area contributed by atoms with Gasteiger partial charge < -0.3 is 14.8 Å². The number of aromatic nitrogens is 1. The maximum Gasteiger partial charge on any atom is 0.407 e. The molecule has 1 amide bonds. The fraction of sp³-hybridized carbons (Fsp3) is 0.294. The molecule has 3 rings (SSSR count). The average molecular weight is 316 g/mol. The van der Waals surface area contributed by atoms with Gasteiger partial charge in [-0.2, -0.15) is 0 Å². The van der Waals surface area contributed by atoms with Gasteiger partial charge in [0.05, 0.1) is 11.6 Å². The summed E-state index contributed by atoms with van der Waals surface area (Å²) in [7, 11) is 0. The monoisotopic (exact) mass is 316 g/mol. The van der Waals surface area contributed by atoms with E-state index in [4.69, 9.17) is 9.47 Å². The van der Waals surface area contributed by atoms with Gasteiger partial charge in [0.15, 0.2) is 11.6 Å². The topological polar surface area (TPSA) is 60.5 Å². The van der Waals surface area contributed by atoms with Crippen molar-refractivity contribution in [1.29, 1.82) is 0 Å². The molecule has 0 aliphatic carbocycles. The maximum atomic E-state index is 13.7. The normalized spacial score (nSPS) is 18.9. The highest BCUT2D eigenvalue weighted by atomic mass is 19.1. The van der Waals surface area contributed by atoms with E-state index in [0.717, 1.165) is 5.56 Å². The predicted molar refractivity (Wildman–Crippen MR) is 81.7 cm³/mol. The molecule has 2 heterocycles. The number of fused-ring (bicyclic) bond motifs is 1. The molecule has 0 saturated carbocycles. The molecule has 5 nitrogen and oxygen atoms in total. The molecule has 1 aliphatic heterocycles. The van der Waals surface area contributed by atoms with Gasteiger partial charge in [-0.3, -0.25) is 4.98 Å². The smallest absolute Gasteiger partial charge is 0.407 e. The highest BCUT2D eigenvalue weighted by Crippen LogP contribution is 2.37. The number of carbonyl (C=O) groups is 1. The summed E-state index contributed by atoms with van der Waals surface area (Å²) in [6.45, 7) is 2.30. The van der Waals surface area contributed by atoms with Crippen LogP contribution in [-0.2, 0) is 11.3 Å². The number of nitrogens with one attached hydrogen (secondary N) is 1.